The Labute approximate surface area is 140 Å². The van der Waals surface area contributed by atoms with Gasteiger partial charge in [0.05, 0.1) is 11.4 Å². The summed E-state index contributed by atoms with van der Waals surface area (Å²) in [6.45, 7) is 6.34. The van der Waals surface area contributed by atoms with Gasteiger partial charge in [-0.3, -0.25) is 9.78 Å². The van der Waals surface area contributed by atoms with Crippen molar-refractivity contribution in [1.82, 2.24) is 19.9 Å². The molecule has 0 aliphatic carbocycles. The lowest BCUT2D eigenvalue weighted by Crippen LogP contribution is -2.13. The van der Waals surface area contributed by atoms with Crippen molar-refractivity contribution in [2.75, 3.05) is 5.32 Å². The summed E-state index contributed by atoms with van der Waals surface area (Å²) in [5.41, 5.74) is 4.22. The van der Waals surface area contributed by atoms with Crippen LogP contribution in [0, 0.1) is 20.8 Å². The Hall–Kier alpha value is -3.02. The molecule has 0 aliphatic rings. The number of nitrogens with zero attached hydrogens (tertiary/aromatic N) is 3. The number of aromatic amines is 1. The zero-order chi connectivity index (χ0) is 17.1. The second kappa shape index (κ2) is 6.62. The van der Waals surface area contributed by atoms with E-state index < -0.39 is 0 Å². The second-order valence-corrected chi connectivity index (χ2v) is 5.73. The lowest BCUT2D eigenvalue weighted by atomic mass is 10.1. The first-order valence-corrected chi connectivity index (χ1v) is 7.72. The average molecular weight is 321 g/mol. The van der Waals surface area contributed by atoms with E-state index in [0.717, 1.165) is 16.8 Å². The number of aromatic nitrogens is 4. The summed E-state index contributed by atoms with van der Waals surface area (Å²) in [4.78, 5) is 27.7. The molecule has 1 aromatic carbocycles. The largest absolute Gasteiger partial charge is 0.352 e. The summed E-state index contributed by atoms with van der Waals surface area (Å²) in [6, 6.07) is 9.65. The number of nitrogens with one attached hydrogen (secondary N) is 2. The summed E-state index contributed by atoms with van der Waals surface area (Å²) in [6.07, 6.45) is 1.70. The van der Waals surface area contributed by atoms with Crippen LogP contribution < -0.4 is 10.9 Å². The zero-order valence-corrected chi connectivity index (χ0v) is 13.9. The quantitative estimate of drug-likeness (QED) is 0.772. The molecule has 6 nitrogen and oxygen atoms in total. The highest BCUT2D eigenvalue weighted by molar-refractivity contribution is 5.61. The third kappa shape index (κ3) is 3.65. The maximum atomic E-state index is 11.9. The number of aryl methyl sites for hydroxylation is 3. The van der Waals surface area contributed by atoms with Gasteiger partial charge >= 0.3 is 0 Å². The molecule has 0 atom stereocenters. The van der Waals surface area contributed by atoms with E-state index in [1.165, 1.54) is 11.6 Å². The molecule has 2 N–H and O–H groups in total. The van der Waals surface area contributed by atoms with Gasteiger partial charge in [0.15, 0.2) is 0 Å². The summed E-state index contributed by atoms with van der Waals surface area (Å²) in [7, 11) is 0. The Balaban J connectivity index is 1.86. The fourth-order valence-electron chi connectivity index (χ4n) is 2.41. The Kier molecular flexibility index (Phi) is 4.37. The number of benzene rings is 1. The highest BCUT2D eigenvalue weighted by Gasteiger charge is 2.08. The number of H-pyrrole nitrogens is 1. The van der Waals surface area contributed by atoms with Crippen LogP contribution in [0.5, 0.6) is 0 Å². The van der Waals surface area contributed by atoms with Gasteiger partial charge in [-0.05, 0) is 26.3 Å². The molecule has 0 saturated carbocycles. The van der Waals surface area contributed by atoms with Crippen LogP contribution in [0.1, 0.15) is 22.6 Å². The highest BCUT2D eigenvalue weighted by Crippen LogP contribution is 2.18. The molecule has 2 aromatic heterocycles. The molecule has 0 amide bonds. The van der Waals surface area contributed by atoms with E-state index in [0.29, 0.717) is 24.0 Å². The molecule has 0 bridgehead atoms. The zero-order valence-electron chi connectivity index (χ0n) is 13.9. The summed E-state index contributed by atoms with van der Waals surface area (Å²) in [5.74, 6) is 1.12. The predicted molar refractivity (Wildman–Crippen MR) is 93.9 cm³/mol. The van der Waals surface area contributed by atoms with Crippen molar-refractivity contribution in [3.63, 3.8) is 0 Å². The van der Waals surface area contributed by atoms with Crippen LogP contribution in [0.25, 0.3) is 11.3 Å². The molecule has 0 spiro atoms. The Morgan fingerprint density at radius 1 is 1.08 bits per heavy atom. The molecule has 3 rings (SSSR count). The highest BCUT2D eigenvalue weighted by atomic mass is 16.1. The molecule has 3 aromatic rings. The molecule has 0 aliphatic heterocycles. The van der Waals surface area contributed by atoms with Gasteiger partial charge in [0.1, 0.15) is 5.82 Å². The van der Waals surface area contributed by atoms with Crippen molar-refractivity contribution in [3.05, 3.63) is 69.5 Å². The van der Waals surface area contributed by atoms with Gasteiger partial charge in [-0.1, -0.05) is 29.8 Å². The smallest absolute Gasteiger partial charge is 0.252 e. The first-order valence-electron chi connectivity index (χ1n) is 7.72. The minimum absolute atomic E-state index is 0.216. The van der Waals surface area contributed by atoms with Gasteiger partial charge in [0.2, 0.25) is 5.95 Å². The molecule has 0 radical (unpaired) electrons. The van der Waals surface area contributed by atoms with Crippen LogP contribution in [-0.2, 0) is 6.54 Å². The maximum Gasteiger partial charge on any atom is 0.252 e. The van der Waals surface area contributed by atoms with E-state index in [4.69, 9.17) is 0 Å². The van der Waals surface area contributed by atoms with Crippen molar-refractivity contribution in [2.24, 2.45) is 0 Å². The summed E-state index contributed by atoms with van der Waals surface area (Å²) < 4.78 is 0. The Morgan fingerprint density at radius 2 is 1.83 bits per heavy atom. The molecule has 2 heterocycles. The van der Waals surface area contributed by atoms with E-state index in [-0.39, 0.29) is 5.56 Å². The van der Waals surface area contributed by atoms with Crippen LogP contribution in [0.3, 0.4) is 0 Å². The third-order valence-electron chi connectivity index (χ3n) is 3.70. The van der Waals surface area contributed by atoms with E-state index in [1.54, 1.807) is 6.20 Å². The molecule has 0 fully saturated rings. The third-order valence-corrected chi connectivity index (χ3v) is 3.70. The molecule has 6 heteroatoms. The number of hydrogen-bond acceptors (Lipinski definition) is 5. The lowest BCUT2D eigenvalue weighted by Gasteiger charge is -2.09. The standard InChI is InChI=1S/C18H19N5O/c1-11-4-6-14(7-5-11)9-20-18-22-16(8-17(24)23-18)15-10-19-13(3)21-12(15)2/h4-8,10H,9H2,1-3H3,(H2,20,22,23,24). The average Bonchev–Trinajstić information content (AvgIpc) is 2.54. The van der Waals surface area contributed by atoms with E-state index in [2.05, 4.69) is 37.4 Å². The van der Waals surface area contributed by atoms with Crippen LogP contribution in [-0.4, -0.2) is 19.9 Å². The van der Waals surface area contributed by atoms with E-state index in [9.17, 15) is 4.79 Å². The topological polar surface area (TPSA) is 83.6 Å². The first-order chi connectivity index (χ1) is 11.5. The van der Waals surface area contributed by atoms with E-state index >= 15 is 0 Å². The minimum atomic E-state index is -0.216. The van der Waals surface area contributed by atoms with Crippen LogP contribution in [0.4, 0.5) is 5.95 Å². The molecular weight excluding hydrogens is 302 g/mol. The van der Waals surface area contributed by atoms with Gasteiger partial charge in [-0.25, -0.2) is 15.0 Å². The fourth-order valence-corrected chi connectivity index (χ4v) is 2.41. The second-order valence-electron chi connectivity index (χ2n) is 5.73. The summed E-state index contributed by atoms with van der Waals surface area (Å²) in [5, 5.41) is 3.15. The van der Waals surface area contributed by atoms with Gasteiger partial charge in [0, 0.05) is 24.4 Å². The van der Waals surface area contributed by atoms with Crippen LogP contribution in [0.15, 0.2) is 41.3 Å². The number of hydrogen-bond donors (Lipinski definition) is 2. The number of anilines is 1. The van der Waals surface area contributed by atoms with Gasteiger partial charge in [0.25, 0.3) is 5.56 Å². The van der Waals surface area contributed by atoms with Crippen molar-refractivity contribution in [1.29, 1.82) is 0 Å². The van der Waals surface area contributed by atoms with Crippen LogP contribution >= 0.6 is 0 Å². The Bertz CT molecular complexity index is 915. The molecule has 0 saturated heterocycles. The van der Waals surface area contributed by atoms with Crippen molar-refractivity contribution in [3.8, 4) is 11.3 Å². The molecular formula is C18H19N5O. The minimum Gasteiger partial charge on any atom is -0.352 e. The van der Waals surface area contributed by atoms with E-state index in [1.807, 2.05) is 32.9 Å². The van der Waals surface area contributed by atoms with Crippen molar-refractivity contribution in [2.45, 2.75) is 27.3 Å². The maximum absolute atomic E-state index is 11.9. The predicted octanol–water partition coefficient (Wildman–Crippen LogP) is 2.76. The SMILES string of the molecule is Cc1ccc(CNc2nc(-c3cnc(C)nc3C)cc(=O)[nH]2)cc1. The van der Waals surface area contributed by atoms with Gasteiger partial charge in [-0.2, -0.15) is 0 Å². The lowest BCUT2D eigenvalue weighted by molar-refractivity contribution is 0.999. The molecule has 122 valence electrons. The van der Waals surface area contributed by atoms with Crippen LogP contribution in [0.2, 0.25) is 0 Å². The van der Waals surface area contributed by atoms with Gasteiger partial charge in [-0.15, -0.1) is 0 Å². The molecule has 24 heavy (non-hydrogen) atoms. The molecule has 0 unspecified atom stereocenters. The normalized spacial score (nSPS) is 10.6. The monoisotopic (exact) mass is 321 g/mol. The van der Waals surface area contributed by atoms with Crippen molar-refractivity contribution >= 4 is 5.95 Å². The number of rotatable bonds is 4. The first kappa shape index (κ1) is 15.9. The Morgan fingerprint density at radius 3 is 2.54 bits per heavy atom. The van der Waals surface area contributed by atoms with Crippen molar-refractivity contribution < 1.29 is 0 Å². The summed E-state index contributed by atoms with van der Waals surface area (Å²) >= 11 is 0. The fraction of sp³-hybridized carbons (Fsp3) is 0.222. The van der Waals surface area contributed by atoms with Gasteiger partial charge < -0.3 is 5.32 Å².